The fourth-order valence-electron chi connectivity index (χ4n) is 3.66. The third-order valence-electron chi connectivity index (χ3n) is 5.22. The van der Waals surface area contributed by atoms with Crippen molar-refractivity contribution in [2.45, 2.75) is 52.1 Å². The second-order valence-electron chi connectivity index (χ2n) is 7.94. The van der Waals surface area contributed by atoms with Gasteiger partial charge >= 0.3 is 12.1 Å². The van der Waals surface area contributed by atoms with Crippen LogP contribution in [0.3, 0.4) is 0 Å². The molecule has 0 heterocycles. The molecular weight excluding hydrogens is 412 g/mol. The predicted octanol–water partition coefficient (Wildman–Crippen LogP) is 5.14. The summed E-state index contributed by atoms with van der Waals surface area (Å²) >= 11 is 0. The summed E-state index contributed by atoms with van der Waals surface area (Å²) in [6, 6.07) is 10.7. The van der Waals surface area contributed by atoms with E-state index in [1.165, 1.54) is 30.3 Å². The number of rotatable bonds is 7. The second-order valence-corrected chi connectivity index (χ2v) is 7.94. The molecule has 2 aromatic rings. The quantitative estimate of drug-likeness (QED) is 0.194. The summed E-state index contributed by atoms with van der Waals surface area (Å²) in [6.45, 7) is 3.35. The van der Waals surface area contributed by atoms with Crippen LogP contribution >= 0.6 is 0 Å². The van der Waals surface area contributed by atoms with Crippen molar-refractivity contribution in [3.05, 3.63) is 59.2 Å². The number of carbonyl (C=O) groups is 4. The van der Waals surface area contributed by atoms with E-state index in [0.717, 1.165) is 32.1 Å². The van der Waals surface area contributed by atoms with Gasteiger partial charge in [0, 0.05) is 0 Å². The molecule has 32 heavy (non-hydrogen) atoms. The zero-order valence-electron chi connectivity index (χ0n) is 18.2. The molecule has 0 aliphatic heterocycles. The number of carbonyl (C=O) groups excluding carboxylic acids is 4. The van der Waals surface area contributed by atoms with Gasteiger partial charge in [-0.2, -0.15) is 0 Å². The molecule has 0 bridgehead atoms. The molecule has 0 saturated heterocycles. The highest BCUT2D eigenvalue weighted by atomic mass is 16.7. The molecule has 0 atom stereocenters. The lowest BCUT2D eigenvalue weighted by Gasteiger charge is -2.21. The van der Waals surface area contributed by atoms with Crippen molar-refractivity contribution in [2.24, 2.45) is 5.92 Å². The average Bonchev–Trinajstić information content (AvgIpc) is 2.79. The van der Waals surface area contributed by atoms with Crippen LogP contribution < -0.4 is 9.47 Å². The Labute approximate surface area is 186 Å². The molecule has 168 valence electrons. The van der Waals surface area contributed by atoms with Crippen LogP contribution in [0.25, 0.3) is 0 Å². The van der Waals surface area contributed by atoms with Gasteiger partial charge in [-0.1, -0.05) is 37.5 Å². The van der Waals surface area contributed by atoms with Gasteiger partial charge in [-0.15, -0.1) is 0 Å². The first-order chi connectivity index (χ1) is 15.4. The lowest BCUT2D eigenvalue weighted by Crippen LogP contribution is -2.24. The molecule has 0 radical (unpaired) electrons. The smallest absolute Gasteiger partial charge is 0.431 e. The van der Waals surface area contributed by atoms with Crippen LogP contribution in [-0.4, -0.2) is 30.3 Å². The van der Waals surface area contributed by atoms with Crippen LogP contribution in [0.2, 0.25) is 0 Å². The van der Waals surface area contributed by atoms with Gasteiger partial charge in [-0.3, -0.25) is 14.4 Å². The fraction of sp³-hybridized carbons (Fsp3) is 0.360. The number of ether oxygens (including phenoxy) is 3. The molecule has 3 rings (SSSR count). The predicted molar refractivity (Wildman–Crippen MR) is 116 cm³/mol. The number of para-hydroxylation sites is 2. The summed E-state index contributed by atoms with van der Waals surface area (Å²) in [5, 5.41) is 0. The van der Waals surface area contributed by atoms with Gasteiger partial charge in [0.05, 0.1) is 28.7 Å². The Morgan fingerprint density at radius 2 is 1.59 bits per heavy atom. The van der Waals surface area contributed by atoms with E-state index in [9.17, 15) is 19.2 Å². The molecule has 1 saturated carbocycles. The minimum absolute atomic E-state index is 0.00390. The van der Waals surface area contributed by atoms with Gasteiger partial charge in [0.2, 0.25) is 5.78 Å². The van der Waals surface area contributed by atoms with E-state index in [1.54, 1.807) is 26.0 Å². The minimum Gasteiger partial charge on any atom is -0.431 e. The first-order valence-electron chi connectivity index (χ1n) is 10.7. The maximum atomic E-state index is 13.4. The monoisotopic (exact) mass is 438 g/mol. The van der Waals surface area contributed by atoms with E-state index in [1.807, 2.05) is 0 Å². The maximum absolute atomic E-state index is 13.4. The van der Waals surface area contributed by atoms with Gasteiger partial charge in [0.15, 0.2) is 12.0 Å². The highest BCUT2D eigenvalue weighted by molar-refractivity contribution is 6.13. The number of hydrogen-bond donors (Lipinski definition) is 0. The third-order valence-corrected chi connectivity index (χ3v) is 5.22. The van der Waals surface area contributed by atoms with E-state index >= 15 is 0 Å². The maximum Gasteiger partial charge on any atom is 0.514 e. The largest absolute Gasteiger partial charge is 0.514 e. The van der Waals surface area contributed by atoms with Crippen molar-refractivity contribution < 1.29 is 33.4 Å². The van der Waals surface area contributed by atoms with Crippen LogP contribution in [0.1, 0.15) is 72.2 Å². The minimum atomic E-state index is -0.939. The number of aldehydes is 1. The van der Waals surface area contributed by atoms with Crippen molar-refractivity contribution in [1.82, 2.24) is 0 Å². The summed E-state index contributed by atoms with van der Waals surface area (Å²) in [4.78, 5) is 49.7. The Morgan fingerprint density at radius 1 is 0.906 bits per heavy atom. The van der Waals surface area contributed by atoms with E-state index in [4.69, 9.17) is 14.2 Å². The first kappa shape index (κ1) is 23.2. The molecule has 0 amide bonds. The normalized spacial score (nSPS) is 14.0. The fourth-order valence-corrected chi connectivity index (χ4v) is 3.66. The van der Waals surface area contributed by atoms with Gasteiger partial charge in [-0.05, 0) is 51.0 Å². The third kappa shape index (κ3) is 5.60. The number of hydrogen-bond acceptors (Lipinski definition) is 7. The number of benzene rings is 2. The van der Waals surface area contributed by atoms with E-state index in [0.29, 0.717) is 6.29 Å². The average molecular weight is 438 g/mol. The molecule has 1 aliphatic rings. The van der Waals surface area contributed by atoms with Crippen LogP contribution in [0.15, 0.2) is 42.5 Å². The van der Waals surface area contributed by atoms with Crippen molar-refractivity contribution in [1.29, 1.82) is 0 Å². The Balaban J connectivity index is 1.93. The Bertz CT molecular complexity index is 1000. The Kier molecular flexibility index (Phi) is 7.76. The Morgan fingerprint density at radius 3 is 2.28 bits per heavy atom. The lowest BCUT2D eigenvalue weighted by molar-refractivity contribution is -0.140. The van der Waals surface area contributed by atoms with Crippen molar-refractivity contribution in [2.75, 3.05) is 0 Å². The van der Waals surface area contributed by atoms with Crippen molar-refractivity contribution in [3.8, 4) is 11.5 Å². The molecular formula is C25H26O7. The van der Waals surface area contributed by atoms with Crippen LogP contribution in [0.4, 0.5) is 4.79 Å². The van der Waals surface area contributed by atoms with Crippen LogP contribution in [0.5, 0.6) is 11.5 Å². The molecule has 7 heteroatoms. The zero-order chi connectivity index (χ0) is 23.1. The number of ketones is 1. The van der Waals surface area contributed by atoms with Crippen LogP contribution in [-0.2, 0) is 9.53 Å². The van der Waals surface area contributed by atoms with Gasteiger partial charge in [-0.25, -0.2) is 4.79 Å². The highest BCUT2D eigenvalue weighted by Gasteiger charge is 2.27. The van der Waals surface area contributed by atoms with Crippen molar-refractivity contribution in [3.63, 3.8) is 0 Å². The molecule has 0 aromatic heterocycles. The standard InChI is InChI=1S/C25H26O7/c1-16(2)30-25(29)31-21-14-7-6-12-19(21)22(27)20-13-8-11-18(15-26)23(20)32-24(28)17-9-4-3-5-10-17/h6-8,11-17H,3-5,9-10H2,1-2H3. The molecule has 2 aromatic carbocycles. The number of esters is 1. The zero-order valence-corrected chi connectivity index (χ0v) is 18.2. The van der Waals surface area contributed by atoms with Crippen LogP contribution in [0, 0.1) is 5.92 Å². The van der Waals surface area contributed by atoms with E-state index in [-0.39, 0.29) is 40.2 Å². The first-order valence-corrected chi connectivity index (χ1v) is 10.7. The molecule has 0 unspecified atom stereocenters. The van der Waals surface area contributed by atoms with Gasteiger partial charge in [0.1, 0.15) is 5.75 Å². The molecule has 0 N–H and O–H groups in total. The summed E-state index contributed by atoms with van der Waals surface area (Å²) in [6.07, 6.45) is 3.62. The Hall–Kier alpha value is -3.48. The summed E-state index contributed by atoms with van der Waals surface area (Å²) in [7, 11) is 0. The van der Waals surface area contributed by atoms with E-state index in [2.05, 4.69) is 0 Å². The van der Waals surface area contributed by atoms with Gasteiger partial charge in [0.25, 0.3) is 0 Å². The topological polar surface area (TPSA) is 96.0 Å². The SMILES string of the molecule is CC(C)OC(=O)Oc1ccccc1C(=O)c1cccc(C=O)c1OC(=O)C1CCCCC1. The summed E-state index contributed by atoms with van der Waals surface area (Å²) in [5.41, 5.74) is 0.205. The molecule has 0 spiro atoms. The summed E-state index contributed by atoms with van der Waals surface area (Å²) in [5.74, 6) is -1.33. The van der Waals surface area contributed by atoms with E-state index < -0.39 is 17.9 Å². The molecule has 1 fully saturated rings. The second kappa shape index (κ2) is 10.7. The van der Waals surface area contributed by atoms with Gasteiger partial charge < -0.3 is 14.2 Å². The van der Waals surface area contributed by atoms with Crippen molar-refractivity contribution >= 4 is 24.2 Å². The lowest BCUT2D eigenvalue weighted by atomic mass is 9.89. The highest BCUT2D eigenvalue weighted by Crippen LogP contribution is 2.31. The summed E-state index contributed by atoms with van der Waals surface area (Å²) < 4.78 is 15.8. The molecule has 1 aliphatic carbocycles. The molecule has 7 nitrogen and oxygen atoms in total.